The molecule has 0 aliphatic heterocycles. The number of rotatable bonds is 7. The molecule has 3 rings (SSSR count). The van der Waals surface area contributed by atoms with Crippen LogP contribution >= 0.6 is 0 Å². The molecule has 0 aliphatic carbocycles. The van der Waals surface area contributed by atoms with Crippen molar-refractivity contribution in [1.29, 1.82) is 0 Å². The average molecular weight is 417 g/mol. The Bertz CT molecular complexity index is 1130. The first kappa shape index (κ1) is 20.3. The molecule has 0 saturated heterocycles. The van der Waals surface area contributed by atoms with Crippen molar-refractivity contribution in [2.45, 2.75) is 17.6 Å². The van der Waals surface area contributed by atoms with Crippen molar-refractivity contribution in [3.05, 3.63) is 65.7 Å². The van der Waals surface area contributed by atoms with Crippen LogP contribution < -0.4 is 5.32 Å². The summed E-state index contributed by atoms with van der Waals surface area (Å²) in [5, 5.41) is 6.66. The fraction of sp³-hybridized carbons (Fsp3) is 0.211. The molecule has 2 heterocycles. The standard InChI is InChI=1S/C19H19N3O6S/c1-13-10-16(22(2)21-13)20-17(23)11-28-19(24)18-14(8-9-27-18)12-29(25,26)15-6-4-3-5-7-15/h3-10H,11-12H2,1-2H3,(H,20,23). The second-order valence-electron chi connectivity index (χ2n) is 6.27. The largest absolute Gasteiger partial charge is 0.457 e. The van der Waals surface area contributed by atoms with Crippen LogP contribution in [0.4, 0.5) is 5.82 Å². The minimum Gasteiger partial charge on any atom is -0.457 e. The first-order chi connectivity index (χ1) is 13.8. The normalized spacial score (nSPS) is 11.2. The number of hydrogen-bond donors (Lipinski definition) is 1. The van der Waals surface area contributed by atoms with Crippen LogP contribution in [-0.2, 0) is 32.2 Å². The molecule has 0 aliphatic rings. The number of esters is 1. The van der Waals surface area contributed by atoms with Crippen molar-refractivity contribution in [1.82, 2.24) is 9.78 Å². The van der Waals surface area contributed by atoms with Crippen LogP contribution in [0.1, 0.15) is 21.8 Å². The van der Waals surface area contributed by atoms with E-state index in [-0.39, 0.29) is 16.2 Å². The summed E-state index contributed by atoms with van der Waals surface area (Å²) in [4.78, 5) is 24.4. The molecule has 0 unspecified atom stereocenters. The molecular weight excluding hydrogens is 398 g/mol. The first-order valence-corrected chi connectivity index (χ1v) is 10.2. The topological polar surface area (TPSA) is 120 Å². The Kier molecular flexibility index (Phi) is 5.83. The third-order valence-electron chi connectivity index (χ3n) is 3.98. The molecule has 152 valence electrons. The lowest BCUT2D eigenvalue weighted by molar-refractivity contribution is -0.119. The van der Waals surface area contributed by atoms with Gasteiger partial charge >= 0.3 is 5.97 Å². The predicted molar refractivity (Wildman–Crippen MR) is 103 cm³/mol. The molecule has 0 fully saturated rings. The number of hydrogen-bond acceptors (Lipinski definition) is 7. The van der Waals surface area contributed by atoms with Crippen LogP contribution in [0.3, 0.4) is 0 Å². The lowest BCUT2D eigenvalue weighted by Crippen LogP contribution is -2.22. The van der Waals surface area contributed by atoms with Gasteiger partial charge in [0.15, 0.2) is 16.4 Å². The van der Waals surface area contributed by atoms with Gasteiger partial charge < -0.3 is 14.5 Å². The zero-order valence-electron chi connectivity index (χ0n) is 15.8. The summed E-state index contributed by atoms with van der Waals surface area (Å²) in [5.41, 5.74) is 0.876. The van der Waals surface area contributed by atoms with Gasteiger partial charge in [0.25, 0.3) is 5.91 Å². The van der Waals surface area contributed by atoms with Crippen molar-refractivity contribution >= 4 is 27.5 Å². The quantitative estimate of drug-likeness (QED) is 0.584. The number of anilines is 1. The van der Waals surface area contributed by atoms with E-state index in [1.165, 1.54) is 29.1 Å². The van der Waals surface area contributed by atoms with Gasteiger partial charge in [-0.1, -0.05) is 18.2 Å². The predicted octanol–water partition coefficient (Wildman–Crippen LogP) is 2.09. The molecule has 0 atom stereocenters. The molecule has 29 heavy (non-hydrogen) atoms. The molecule has 2 aromatic heterocycles. The van der Waals surface area contributed by atoms with Crippen LogP contribution in [0.5, 0.6) is 0 Å². The maximum absolute atomic E-state index is 12.5. The van der Waals surface area contributed by atoms with E-state index < -0.39 is 34.1 Å². The Morgan fingerprint density at radius 3 is 2.59 bits per heavy atom. The highest BCUT2D eigenvalue weighted by Crippen LogP contribution is 2.20. The number of aryl methyl sites for hydroxylation is 2. The van der Waals surface area contributed by atoms with Gasteiger partial charge in [-0.25, -0.2) is 13.2 Å². The van der Waals surface area contributed by atoms with Gasteiger partial charge in [-0.15, -0.1) is 0 Å². The minimum absolute atomic E-state index is 0.131. The summed E-state index contributed by atoms with van der Waals surface area (Å²) in [6.45, 7) is 1.21. The molecule has 10 heteroatoms. The lowest BCUT2D eigenvalue weighted by atomic mass is 10.3. The van der Waals surface area contributed by atoms with Crippen molar-refractivity contribution < 1.29 is 27.2 Å². The second kappa shape index (κ2) is 8.31. The monoisotopic (exact) mass is 417 g/mol. The van der Waals surface area contributed by atoms with Crippen LogP contribution in [0.15, 0.2) is 58.0 Å². The fourth-order valence-corrected chi connectivity index (χ4v) is 4.02. The maximum atomic E-state index is 12.5. The molecule has 1 amide bonds. The number of nitrogens with zero attached hydrogens (tertiary/aromatic N) is 2. The van der Waals surface area contributed by atoms with Gasteiger partial charge in [0.05, 0.1) is 22.6 Å². The van der Waals surface area contributed by atoms with E-state index in [1.807, 2.05) is 0 Å². The van der Waals surface area contributed by atoms with Crippen molar-refractivity contribution in [2.24, 2.45) is 7.05 Å². The molecule has 0 saturated carbocycles. The summed E-state index contributed by atoms with van der Waals surface area (Å²) < 4.78 is 36.6. The summed E-state index contributed by atoms with van der Waals surface area (Å²) >= 11 is 0. The van der Waals surface area contributed by atoms with E-state index in [2.05, 4.69) is 10.4 Å². The molecule has 0 bridgehead atoms. The third kappa shape index (κ3) is 4.91. The van der Waals surface area contributed by atoms with Crippen molar-refractivity contribution in [3.63, 3.8) is 0 Å². The third-order valence-corrected chi connectivity index (χ3v) is 5.67. The number of amides is 1. The van der Waals surface area contributed by atoms with Gasteiger partial charge in [-0.05, 0) is 25.1 Å². The van der Waals surface area contributed by atoms with E-state index in [0.29, 0.717) is 5.82 Å². The van der Waals surface area contributed by atoms with Gasteiger partial charge in [0.2, 0.25) is 5.76 Å². The van der Waals surface area contributed by atoms with E-state index in [4.69, 9.17) is 9.15 Å². The van der Waals surface area contributed by atoms with Gasteiger partial charge in [0.1, 0.15) is 5.82 Å². The Balaban J connectivity index is 1.63. The van der Waals surface area contributed by atoms with E-state index in [9.17, 15) is 18.0 Å². The summed E-state index contributed by atoms with van der Waals surface area (Å²) in [7, 11) is -2.01. The summed E-state index contributed by atoms with van der Waals surface area (Å²) in [6.07, 6.45) is 1.20. The summed E-state index contributed by atoms with van der Waals surface area (Å²) in [6, 6.07) is 10.9. The Morgan fingerprint density at radius 2 is 1.93 bits per heavy atom. The number of aromatic nitrogens is 2. The van der Waals surface area contributed by atoms with Crippen molar-refractivity contribution in [3.8, 4) is 0 Å². The number of carbonyl (C=O) groups excluding carboxylic acids is 2. The number of benzene rings is 1. The zero-order valence-corrected chi connectivity index (χ0v) is 16.6. The highest BCUT2D eigenvalue weighted by Gasteiger charge is 2.24. The maximum Gasteiger partial charge on any atom is 0.375 e. The average Bonchev–Trinajstić information content (AvgIpc) is 3.26. The number of nitrogens with one attached hydrogen (secondary N) is 1. The molecular formula is C19H19N3O6S. The van der Waals surface area contributed by atoms with Gasteiger partial charge in [-0.3, -0.25) is 9.48 Å². The Hall–Kier alpha value is -3.40. The Labute approximate surface area is 167 Å². The number of furan rings is 1. The van der Waals surface area contributed by atoms with Crippen LogP contribution in [0.2, 0.25) is 0 Å². The summed E-state index contributed by atoms with van der Waals surface area (Å²) in [5.74, 6) is -1.72. The van der Waals surface area contributed by atoms with Crippen molar-refractivity contribution in [2.75, 3.05) is 11.9 Å². The minimum atomic E-state index is -3.67. The number of carbonyl (C=O) groups is 2. The SMILES string of the molecule is Cc1cc(NC(=O)COC(=O)c2occc2CS(=O)(=O)c2ccccc2)n(C)n1. The van der Waals surface area contributed by atoms with Crippen LogP contribution in [0, 0.1) is 6.92 Å². The highest BCUT2D eigenvalue weighted by molar-refractivity contribution is 7.90. The highest BCUT2D eigenvalue weighted by atomic mass is 32.2. The smallest absolute Gasteiger partial charge is 0.375 e. The number of sulfone groups is 1. The first-order valence-electron chi connectivity index (χ1n) is 8.58. The Morgan fingerprint density at radius 1 is 1.21 bits per heavy atom. The second-order valence-corrected chi connectivity index (χ2v) is 8.26. The molecule has 0 radical (unpaired) electrons. The molecule has 9 nitrogen and oxygen atoms in total. The molecule has 1 N–H and O–H groups in total. The zero-order chi connectivity index (χ0) is 21.0. The molecule has 3 aromatic rings. The molecule has 1 aromatic carbocycles. The van der Waals surface area contributed by atoms with Crippen LogP contribution in [0.25, 0.3) is 0 Å². The van der Waals surface area contributed by atoms with Gasteiger partial charge in [-0.2, -0.15) is 5.10 Å². The van der Waals surface area contributed by atoms with E-state index in [1.54, 1.807) is 38.2 Å². The van der Waals surface area contributed by atoms with Crippen LogP contribution in [-0.4, -0.2) is 36.7 Å². The van der Waals surface area contributed by atoms with E-state index in [0.717, 1.165) is 5.69 Å². The number of ether oxygens (including phenoxy) is 1. The molecule has 0 spiro atoms. The fourth-order valence-electron chi connectivity index (χ4n) is 2.65. The lowest BCUT2D eigenvalue weighted by Gasteiger charge is -2.07. The van der Waals surface area contributed by atoms with E-state index >= 15 is 0 Å². The van der Waals surface area contributed by atoms with Gasteiger partial charge in [0, 0.05) is 18.7 Å².